The number of allylic oxidation sites excluding steroid dienone is 5. The number of aliphatic carboxylic acids is 1. The van der Waals surface area contributed by atoms with Crippen LogP contribution < -0.4 is 0 Å². The van der Waals surface area contributed by atoms with Crippen molar-refractivity contribution >= 4 is 35.4 Å². The predicted octanol–water partition coefficient (Wildman–Crippen LogP) is 6.25. The monoisotopic (exact) mass is 900 g/mol. The highest BCUT2D eigenvalue weighted by atomic mass is 16.7. The maximum atomic E-state index is 14.4. The number of carbonyl (C=O) groups is 6. The third-order valence-electron chi connectivity index (χ3n) is 13.4. The Labute approximate surface area is 378 Å². The lowest BCUT2D eigenvalue weighted by molar-refractivity contribution is -0.302. The molecule has 358 valence electrons. The zero-order valence-electron chi connectivity index (χ0n) is 39.3. The summed E-state index contributed by atoms with van der Waals surface area (Å²) in [4.78, 5) is 81.3. The summed E-state index contributed by atoms with van der Waals surface area (Å²) in [5, 5.41) is 20.9. The van der Waals surface area contributed by atoms with Crippen LogP contribution in [0.3, 0.4) is 0 Å². The summed E-state index contributed by atoms with van der Waals surface area (Å²) in [6.45, 7) is 11.5. The fourth-order valence-corrected chi connectivity index (χ4v) is 9.81. The van der Waals surface area contributed by atoms with E-state index in [1.807, 2.05) is 39.8 Å². The number of piperidine rings is 1. The van der Waals surface area contributed by atoms with E-state index < -0.39 is 89.9 Å². The molecule has 2 bridgehead atoms. The number of esters is 2. The molecule has 2 saturated heterocycles. The van der Waals surface area contributed by atoms with Crippen molar-refractivity contribution in [2.45, 2.75) is 167 Å². The van der Waals surface area contributed by atoms with Crippen LogP contribution >= 0.6 is 0 Å². The van der Waals surface area contributed by atoms with Crippen LogP contribution in [0, 0.1) is 29.6 Å². The van der Waals surface area contributed by atoms with Crippen LogP contribution in [-0.2, 0) is 57.2 Å². The van der Waals surface area contributed by atoms with Crippen molar-refractivity contribution in [3.05, 3.63) is 47.6 Å². The molecule has 4 aliphatic rings. The van der Waals surface area contributed by atoms with Gasteiger partial charge in [-0.25, -0.2) is 9.59 Å². The summed E-state index contributed by atoms with van der Waals surface area (Å²) in [5.74, 6) is -8.76. The molecule has 0 aromatic rings. The van der Waals surface area contributed by atoms with Gasteiger partial charge in [-0.15, -0.1) is 0 Å². The van der Waals surface area contributed by atoms with Crippen LogP contribution in [0.15, 0.2) is 47.6 Å². The van der Waals surface area contributed by atoms with Gasteiger partial charge in [0.25, 0.3) is 11.7 Å². The highest BCUT2D eigenvalue weighted by molar-refractivity contribution is 6.39. The molecule has 0 aromatic heterocycles. The number of carbonyl (C=O) groups excluding carboxylic acids is 5. The molecule has 0 aromatic carbocycles. The fraction of sp³-hybridized carbons (Fsp3) is 0.714. The molecule has 1 saturated carbocycles. The minimum absolute atomic E-state index is 0.0320. The van der Waals surface area contributed by atoms with Gasteiger partial charge < -0.3 is 43.5 Å². The second-order valence-electron chi connectivity index (χ2n) is 18.4. The van der Waals surface area contributed by atoms with E-state index in [-0.39, 0.29) is 55.8 Å². The first-order valence-electron chi connectivity index (χ1n) is 23.1. The number of methoxy groups -OCH3 is 3. The van der Waals surface area contributed by atoms with Gasteiger partial charge in [0.15, 0.2) is 5.78 Å². The molecule has 64 heavy (non-hydrogen) atoms. The van der Waals surface area contributed by atoms with Gasteiger partial charge >= 0.3 is 17.9 Å². The number of aliphatic hydroxyl groups is 1. The molecule has 0 radical (unpaired) electrons. The summed E-state index contributed by atoms with van der Waals surface area (Å²) in [6.07, 6.45) is 11.1. The Balaban J connectivity index is 1.68. The summed E-state index contributed by atoms with van der Waals surface area (Å²) in [6, 6.07) is -1.12. The Kier molecular flexibility index (Phi) is 20.1. The molecule has 3 fully saturated rings. The van der Waals surface area contributed by atoms with Gasteiger partial charge in [-0.1, -0.05) is 57.6 Å². The fourth-order valence-electron chi connectivity index (χ4n) is 9.81. The number of hydrogen-bond donors (Lipinski definition) is 2. The number of fused-ring (bicyclic) bond motifs is 3. The quantitative estimate of drug-likeness (QED) is 0.102. The molecule has 0 spiro atoms. The number of cyclic esters (lactones) is 1. The largest absolute Gasteiger partial charge is 0.478 e. The summed E-state index contributed by atoms with van der Waals surface area (Å²) in [5.41, 5.74) is 1.73. The van der Waals surface area contributed by atoms with Crippen molar-refractivity contribution < 1.29 is 67.4 Å². The summed E-state index contributed by atoms with van der Waals surface area (Å²) < 4.78 is 35.9. The number of ether oxygens (including phenoxy) is 6. The number of rotatable bonds is 11. The van der Waals surface area contributed by atoms with Gasteiger partial charge in [0.1, 0.15) is 24.4 Å². The number of Topliss-reactive ketones (excluding diaryl/α,β-unsaturated/α-hetero) is 1. The molecule has 0 unspecified atom stereocenters. The minimum Gasteiger partial charge on any atom is -0.478 e. The van der Waals surface area contributed by atoms with Crippen molar-refractivity contribution in [1.29, 1.82) is 0 Å². The molecule has 1 amide bonds. The number of ketones is 2. The molecule has 3 aliphatic heterocycles. The lowest BCUT2D eigenvalue weighted by Gasteiger charge is -2.47. The van der Waals surface area contributed by atoms with E-state index in [0.29, 0.717) is 56.9 Å². The van der Waals surface area contributed by atoms with E-state index in [4.69, 9.17) is 33.5 Å². The lowest BCUT2D eigenvalue weighted by Crippen LogP contribution is -2.64. The zero-order valence-corrected chi connectivity index (χ0v) is 39.3. The molecule has 15 nitrogen and oxygen atoms in total. The Morgan fingerprint density at radius 1 is 0.938 bits per heavy atom. The van der Waals surface area contributed by atoms with Crippen LogP contribution in [0.25, 0.3) is 0 Å². The van der Waals surface area contributed by atoms with Crippen LogP contribution in [0.1, 0.15) is 119 Å². The third kappa shape index (κ3) is 13.8. The van der Waals surface area contributed by atoms with E-state index in [1.165, 1.54) is 25.2 Å². The van der Waals surface area contributed by atoms with Gasteiger partial charge in [-0.2, -0.15) is 0 Å². The van der Waals surface area contributed by atoms with Gasteiger partial charge in [-0.3, -0.25) is 19.2 Å². The molecule has 1 aliphatic carbocycles. The predicted molar refractivity (Wildman–Crippen MR) is 236 cm³/mol. The number of amides is 1. The van der Waals surface area contributed by atoms with Crippen LogP contribution in [0.4, 0.5) is 0 Å². The second kappa shape index (κ2) is 24.5. The molecule has 4 rings (SSSR count). The van der Waals surface area contributed by atoms with Gasteiger partial charge in [0.2, 0.25) is 5.79 Å². The maximum Gasteiger partial charge on any atom is 0.329 e. The molecule has 2 N–H and O–H groups in total. The third-order valence-corrected chi connectivity index (χ3v) is 13.4. The first-order valence-corrected chi connectivity index (χ1v) is 23.1. The number of nitrogens with zero attached hydrogens (tertiary/aromatic N) is 1. The van der Waals surface area contributed by atoms with Crippen molar-refractivity contribution in [3.63, 3.8) is 0 Å². The number of carboxylic acids is 1. The van der Waals surface area contributed by atoms with Crippen molar-refractivity contribution in [2.24, 2.45) is 29.6 Å². The molecule has 3 heterocycles. The first kappa shape index (κ1) is 52.6. The molecular formula is C49H73NO14. The minimum atomic E-state index is -2.51. The Morgan fingerprint density at radius 3 is 2.28 bits per heavy atom. The smallest absolute Gasteiger partial charge is 0.329 e. The number of carboxylic acid groups (broad SMARTS) is 1. The lowest BCUT2D eigenvalue weighted by atomic mass is 9.82. The maximum absolute atomic E-state index is 14.4. The Morgan fingerprint density at radius 2 is 1.62 bits per heavy atom. The first-order chi connectivity index (χ1) is 30.4. The van der Waals surface area contributed by atoms with Crippen LogP contribution in [0.2, 0.25) is 0 Å². The topological polar surface area (TPSA) is 201 Å². The van der Waals surface area contributed by atoms with Crippen molar-refractivity contribution in [1.82, 2.24) is 4.90 Å². The molecular weight excluding hydrogens is 827 g/mol. The van der Waals surface area contributed by atoms with E-state index in [0.717, 1.165) is 11.6 Å². The van der Waals surface area contributed by atoms with E-state index in [9.17, 15) is 33.9 Å². The molecule has 13 atom stereocenters. The van der Waals surface area contributed by atoms with Gasteiger partial charge in [0, 0.05) is 58.1 Å². The van der Waals surface area contributed by atoms with Crippen molar-refractivity contribution in [3.8, 4) is 0 Å². The highest BCUT2D eigenvalue weighted by Crippen LogP contribution is 2.39. The van der Waals surface area contributed by atoms with E-state index >= 15 is 0 Å². The number of hydrogen-bond acceptors (Lipinski definition) is 13. The van der Waals surface area contributed by atoms with Crippen molar-refractivity contribution in [2.75, 3.05) is 27.9 Å². The standard InChI is InChI=1S/C49H73NO14/c1-10-35-24-29(2)23-30(3)25-40(60-8)45-41(61-9)27-33(6)49(58,64-45)46(55)47(56)50-22-14-13-15-36(50)48(57)63-44(31(4)18-20-37(35)51)32(5)26-34-19-21-38(39(28-34)59-7)62-43(54)17-12-11-16-42(52)53/h11,16,18,20,24,26,30-31,33-36,38-41,44-45,58H,10,12-15,17,19,21-23,25,27-28H2,1-9H3,(H,52,53)/b16-11+,20-18+,29-24+,32-26+/t30-,31+,33+,34-,35+,36-,38+,39+,40-,41-,44-,45+,49+/m0/s1. The SMILES string of the molecule is CC[C@@H]1/C=C(\C)C[C@H](C)C[C@H](OC)[C@H]2O[C@@](O)(C(=O)C(=O)N3CCCC[C@H]3C(=O)O[C@H](/C(C)=C/[C@@H]3CC[C@@H](OC(=O)CC/C=C/C(=O)O)[C@H](OC)C3)[C@H](C)/C=C/C1=O)[C@H](C)C[C@@H]2OC. The zero-order chi connectivity index (χ0) is 47.3. The normalized spacial score (nSPS) is 36.9. The highest BCUT2D eigenvalue weighted by Gasteiger charge is 2.56. The van der Waals surface area contributed by atoms with Crippen LogP contribution in [0.5, 0.6) is 0 Å². The summed E-state index contributed by atoms with van der Waals surface area (Å²) in [7, 11) is 4.61. The van der Waals surface area contributed by atoms with Gasteiger partial charge in [0.05, 0.1) is 18.3 Å². The van der Waals surface area contributed by atoms with Crippen LogP contribution in [-0.4, -0.2) is 127 Å². The Hall–Kier alpha value is -4.02. The van der Waals surface area contributed by atoms with Gasteiger partial charge in [-0.05, 0) is 108 Å². The average Bonchev–Trinajstić information content (AvgIpc) is 3.27. The van der Waals surface area contributed by atoms with E-state index in [1.54, 1.807) is 26.2 Å². The summed E-state index contributed by atoms with van der Waals surface area (Å²) >= 11 is 0. The second-order valence-corrected chi connectivity index (χ2v) is 18.4. The molecule has 15 heteroatoms. The van der Waals surface area contributed by atoms with E-state index in [2.05, 4.69) is 6.92 Å². The average molecular weight is 900 g/mol. The Bertz CT molecular complexity index is 1770.